The van der Waals surface area contributed by atoms with E-state index in [9.17, 15) is 4.39 Å². The number of H-pyrrole nitrogens is 1. The number of aromatic nitrogens is 7. The first-order valence-corrected chi connectivity index (χ1v) is 4.85. The molecule has 0 amide bonds. The van der Waals surface area contributed by atoms with Crippen LogP contribution in [0.5, 0.6) is 0 Å². The molecule has 3 heterocycles. The van der Waals surface area contributed by atoms with Crippen LogP contribution in [0, 0.1) is 5.82 Å². The van der Waals surface area contributed by atoms with E-state index in [2.05, 4.69) is 30.7 Å². The van der Waals surface area contributed by atoms with E-state index < -0.39 is 0 Å². The van der Waals surface area contributed by atoms with Crippen LogP contribution in [0.3, 0.4) is 0 Å². The fourth-order valence-corrected chi connectivity index (χ4v) is 1.88. The fraction of sp³-hybridized carbons (Fsp3) is 0. The van der Waals surface area contributed by atoms with Gasteiger partial charge in [-0.1, -0.05) is 5.10 Å². The predicted molar refractivity (Wildman–Crippen MR) is 55.7 cm³/mol. The molecule has 0 radical (unpaired) electrons. The Balaban J connectivity index is 2.32. The van der Waals surface area contributed by atoms with Crippen molar-refractivity contribution in [3.05, 3.63) is 24.0 Å². The summed E-state index contributed by atoms with van der Waals surface area (Å²) in [6, 6.07) is 4.42. The van der Waals surface area contributed by atoms with E-state index in [1.807, 2.05) is 0 Å². The lowest BCUT2D eigenvalue weighted by molar-refractivity contribution is 0.629. The van der Waals surface area contributed by atoms with Gasteiger partial charge >= 0.3 is 0 Å². The summed E-state index contributed by atoms with van der Waals surface area (Å²) in [5, 5.41) is 19.7. The van der Waals surface area contributed by atoms with Gasteiger partial charge in [0, 0.05) is 5.39 Å². The Hall–Kier alpha value is -2.64. The van der Waals surface area contributed by atoms with Crippen molar-refractivity contribution in [3.63, 3.8) is 0 Å². The molecule has 0 atom stereocenters. The molecule has 0 bridgehead atoms. The molecule has 0 fully saturated rings. The maximum atomic E-state index is 13.1. The highest BCUT2D eigenvalue weighted by Crippen LogP contribution is 2.23. The SMILES string of the molecule is Fc1ccc2c(c1)[nH]c1c2nnc2nnnn21. The molecule has 0 aliphatic carbocycles. The minimum absolute atomic E-state index is 0.296. The standard InChI is InChI=1S/C9H4FN7/c10-4-1-2-5-6(3-4)11-8-7(5)12-13-9-14-15-16-17(8)9/h1-3,11H. The lowest BCUT2D eigenvalue weighted by atomic mass is 10.2. The van der Waals surface area contributed by atoms with Crippen molar-refractivity contribution in [3.8, 4) is 0 Å². The van der Waals surface area contributed by atoms with Gasteiger partial charge in [0.15, 0.2) is 5.65 Å². The minimum Gasteiger partial charge on any atom is -0.337 e. The molecular weight excluding hydrogens is 225 g/mol. The number of halogens is 1. The van der Waals surface area contributed by atoms with Crippen LogP contribution in [-0.4, -0.2) is 35.2 Å². The molecule has 0 unspecified atom stereocenters. The summed E-state index contributed by atoms with van der Waals surface area (Å²) >= 11 is 0. The molecule has 0 saturated heterocycles. The molecule has 0 aliphatic rings. The first kappa shape index (κ1) is 8.50. The van der Waals surface area contributed by atoms with Crippen molar-refractivity contribution in [1.29, 1.82) is 0 Å². The molecule has 8 heteroatoms. The second kappa shape index (κ2) is 2.73. The van der Waals surface area contributed by atoms with Gasteiger partial charge in [0.05, 0.1) is 5.52 Å². The summed E-state index contributed by atoms with van der Waals surface area (Å²) in [6.07, 6.45) is 0. The van der Waals surface area contributed by atoms with Crippen molar-refractivity contribution in [2.75, 3.05) is 0 Å². The lowest BCUT2D eigenvalue weighted by Crippen LogP contribution is -1.95. The molecule has 0 spiro atoms. The molecule has 17 heavy (non-hydrogen) atoms. The first-order valence-electron chi connectivity index (χ1n) is 4.85. The summed E-state index contributed by atoms with van der Waals surface area (Å²) in [5.74, 6) is -0.0190. The first-order chi connectivity index (χ1) is 8.33. The molecular formula is C9H4FN7. The topological polar surface area (TPSA) is 84.6 Å². The second-order valence-electron chi connectivity index (χ2n) is 3.60. The number of nitrogens with zero attached hydrogens (tertiary/aromatic N) is 6. The van der Waals surface area contributed by atoms with Crippen molar-refractivity contribution in [2.24, 2.45) is 0 Å². The van der Waals surface area contributed by atoms with Crippen LogP contribution in [0.15, 0.2) is 18.2 Å². The fourth-order valence-electron chi connectivity index (χ4n) is 1.88. The molecule has 4 aromatic rings. The third-order valence-corrected chi connectivity index (χ3v) is 2.62. The summed E-state index contributed by atoms with van der Waals surface area (Å²) < 4.78 is 14.5. The van der Waals surface area contributed by atoms with Gasteiger partial charge in [-0.05, 0) is 28.6 Å². The number of hydrogen-bond acceptors (Lipinski definition) is 5. The minimum atomic E-state index is -0.315. The van der Waals surface area contributed by atoms with Crippen LogP contribution in [0.1, 0.15) is 0 Å². The highest BCUT2D eigenvalue weighted by molar-refractivity contribution is 6.03. The Labute approximate surface area is 92.3 Å². The zero-order valence-electron chi connectivity index (χ0n) is 8.29. The number of fused-ring (bicyclic) bond motifs is 5. The van der Waals surface area contributed by atoms with Gasteiger partial charge < -0.3 is 4.98 Å². The van der Waals surface area contributed by atoms with Crippen LogP contribution in [0.2, 0.25) is 0 Å². The zero-order valence-corrected chi connectivity index (χ0v) is 8.29. The third kappa shape index (κ3) is 1.01. The Morgan fingerprint density at radius 2 is 2.12 bits per heavy atom. The zero-order chi connectivity index (χ0) is 11.4. The Kier molecular flexibility index (Phi) is 1.36. The highest BCUT2D eigenvalue weighted by Gasteiger charge is 2.12. The predicted octanol–water partition coefficient (Wildman–Crippen LogP) is 0.688. The normalized spacial score (nSPS) is 11.8. The van der Waals surface area contributed by atoms with E-state index in [1.165, 1.54) is 16.6 Å². The Morgan fingerprint density at radius 1 is 1.18 bits per heavy atom. The van der Waals surface area contributed by atoms with E-state index in [0.717, 1.165) is 5.39 Å². The van der Waals surface area contributed by atoms with Crippen molar-refractivity contribution >= 4 is 27.8 Å². The molecule has 1 aromatic carbocycles. The number of benzene rings is 1. The van der Waals surface area contributed by atoms with Crippen LogP contribution in [0.25, 0.3) is 27.8 Å². The van der Waals surface area contributed by atoms with Crippen molar-refractivity contribution < 1.29 is 4.39 Å². The Bertz CT molecular complexity index is 862. The van der Waals surface area contributed by atoms with Gasteiger partial charge in [0.25, 0.3) is 5.78 Å². The smallest absolute Gasteiger partial charge is 0.294 e. The van der Waals surface area contributed by atoms with Gasteiger partial charge in [0.1, 0.15) is 11.3 Å². The second-order valence-corrected chi connectivity index (χ2v) is 3.60. The monoisotopic (exact) mass is 229 g/mol. The summed E-state index contributed by atoms with van der Waals surface area (Å²) in [7, 11) is 0. The average molecular weight is 229 g/mol. The maximum Gasteiger partial charge on any atom is 0.294 e. The molecule has 7 nitrogen and oxygen atoms in total. The number of hydrogen-bond donors (Lipinski definition) is 1. The summed E-state index contributed by atoms with van der Waals surface area (Å²) in [4.78, 5) is 3.03. The van der Waals surface area contributed by atoms with Gasteiger partial charge in [-0.2, -0.15) is 4.52 Å². The summed E-state index contributed by atoms with van der Waals surface area (Å²) in [5.41, 5.74) is 1.85. The number of nitrogens with one attached hydrogen (secondary N) is 1. The third-order valence-electron chi connectivity index (χ3n) is 2.62. The number of rotatable bonds is 0. The average Bonchev–Trinajstić information content (AvgIpc) is 2.90. The van der Waals surface area contributed by atoms with Gasteiger partial charge in [-0.15, -0.1) is 10.2 Å². The van der Waals surface area contributed by atoms with Crippen molar-refractivity contribution in [1.82, 2.24) is 35.2 Å². The van der Waals surface area contributed by atoms with Gasteiger partial charge in [-0.25, -0.2) is 4.39 Å². The summed E-state index contributed by atoms with van der Waals surface area (Å²) in [6.45, 7) is 0. The van der Waals surface area contributed by atoms with E-state index in [4.69, 9.17) is 0 Å². The number of tetrazole rings is 1. The van der Waals surface area contributed by atoms with Gasteiger partial charge in [-0.3, -0.25) is 0 Å². The molecule has 3 aromatic heterocycles. The lowest BCUT2D eigenvalue weighted by Gasteiger charge is -1.90. The molecule has 4 rings (SSSR count). The van der Waals surface area contributed by atoms with E-state index in [-0.39, 0.29) is 5.82 Å². The van der Waals surface area contributed by atoms with Crippen molar-refractivity contribution in [2.45, 2.75) is 0 Å². The molecule has 82 valence electrons. The Morgan fingerprint density at radius 3 is 3.06 bits per heavy atom. The molecule has 1 N–H and O–H groups in total. The van der Waals surface area contributed by atoms with E-state index in [1.54, 1.807) is 6.07 Å². The van der Waals surface area contributed by atoms with E-state index >= 15 is 0 Å². The van der Waals surface area contributed by atoms with Crippen LogP contribution < -0.4 is 0 Å². The molecule has 0 aliphatic heterocycles. The quantitative estimate of drug-likeness (QED) is 0.479. The van der Waals surface area contributed by atoms with Crippen LogP contribution in [-0.2, 0) is 0 Å². The van der Waals surface area contributed by atoms with Crippen LogP contribution >= 0.6 is 0 Å². The van der Waals surface area contributed by atoms with E-state index in [0.29, 0.717) is 22.5 Å². The van der Waals surface area contributed by atoms with Gasteiger partial charge in [0.2, 0.25) is 0 Å². The maximum absolute atomic E-state index is 13.1. The molecule has 0 saturated carbocycles. The largest absolute Gasteiger partial charge is 0.337 e. The highest BCUT2D eigenvalue weighted by atomic mass is 19.1. The number of aromatic amines is 1. The van der Waals surface area contributed by atoms with Crippen LogP contribution in [0.4, 0.5) is 4.39 Å².